The lowest BCUT2D eigenvalue weighted by molar-refractivity contribution is 0.549. The van der Waals surface area contributed by atoms with Crippen molar-refractivity contribution in [2.75, 3.05) is 0 Å². The summed E-state index contributed by atoms with van der Waals surface area (Å²) in [6.07, 6.45) is 4.46. The maximum Gasteiger partial charge on any atom is 0.0512 e. The summed E-state index contributed by atoms with van der Waals surface area (Å²) in [5.74, 6) is 5.68. The Labute approximate surface area is 116 Å². The second-order valence-electron chi connectivity index (χ2n) is 4.31. The largest absolute Gasteiger partial charge is 0.271 e. The number of aryl methyl sites for hydroxylation is 1. The van der Waals surface area contributed by atoms with Crippen molar-refractivity contribution >= 4 is 15.9 Å². The molecule has 0 aliphatic rings. The quantitative estimate of drug-likeness (QED) is 0.674. The van der Waals surface area contributed by atoms with Gasteiger partial charge in [0.2, 0.25) is 0 Å². The third kappa shape index (κ3) is 3.16. The number of hydrazine groups is 1. The zero-order chi connectivity index (χ0) is 13.0. The van der Waals surface area contributed by atoms with Crippen molar-refractivity contribution in [3.05, 3.63) is 63.9 Å². The first-order valence-corrected chi connectivity index (χ1v) is 6.61. The third-order valence-corrected chi connectivity index (χ3v) is 3.61. The highest BCUT2D eigenvalue weighted by atomic mass is 79.9. The van der Waals surface area contributed by atoms with E-state index in [1.165, 1.54) is 11.1 Å². The van der Waals surface area contributed by atoms with Gasteiger partial charge in [0, 0.05) is 16.9 Å². The van der Waals surface area contributed by atoms with Crippen LogP contribution in [-0.4, -0.2) is 4.98 Å². The number of nitrogens with one attached hydrogen (secondary N) is 1. The molecule has 1 heterocycles. The predicted molar refractivity (Wildman–Crippen MR) is 76.9 cm³/mol. The van der Waals surface area contributed by atoms with Gasteiger partial charge < -0.3 is 0 Å². The number of hydrogen-bond donors (Lipinski definition) is 2. The van der Waals surface area contributed by atoms with E-state index in [0.29, 0.717) is 0 Å². The molecule has 94 valence electrons. The van der Waals surface area contributed by atoms with E-state index >= 15 is 0 Å². The Kier molecular flexibility index (Phi) is 4.47. The number of nitrogens with zero attached hydrogens (tertiary/aromatic N) is 1. The summed E-state index contributed by atoms with van der Waals surface area (Å²) in [7, 11) is 0. The SMILES string of the molecule is Cc1ccc(Br)c(C(Cc2cccnc2)NN)c1. The van der Waals surface area contributed by atoms with Gasteiger partial charge in [0.05, 0.1) is 6.04 Å². The third-order valence-electron chi connectivity index (χ3n) is 2.89. The molecule has 4 heteroatoms. The molecule has 0 fully saturated rings. The van der Waals surface area contributed by atoms with Crippen LogP contribution in [0.5, 0.6) is 0 Å². The van der Waals surface area contributed by atoms with Crippen LogP contribution in [0.2, 0.25) is 0 Å². The van der Waals surface area contributed by atoms with Gasteiger partial charge in [0.1, 0.15) is 0 Å². The highest BCUT2D eigenvalue weighted by molar-refractivity contribution is 9.10. The molecule has 1 unspecified atom stereocenters. The van der Waals surface area contributed by atoms with Crippen LogP contribution in [-0.2, 0) is 6.42 Å². The minimum Gasteiger partial charge on any atom is -0.271 e. The van der Waals surface area contributed by atoms with Gasteiger partial charge in [-0.05, 0) is 36.6 Å². The van der Waals surface area contributed by atoms with Gasteiger partial charge in [-0.15, -0.1) is 0 Å². The van der Waals surface area contributed by atoms with Crippen molar-refractivity contribution in [1.29, 1.82) is 0 Å². The number of pyridine rings is 1. The van der Waals surface area contributed by atoms with Crippen LogP contribution in [0.1, 0.15) is 22.7 Å². The summed E-state index contributed by atoms with van der Waals surface area (Å²) in [5.41, 5.74) is 6.43. The molecule has 3 nitrogen and oxygen atoms in total. The Morgan fingerprint density at radius 2 is 2.22 bits per heavy atom. The molecule has 2 rings (SSSR count). The molecule has 1 aromatic heterocycles. The summed E-state index contributed by atoms with van der Waals surface area (Å²) in [6.45, 7) is 2.08. The van der Waals surface area contributed by atoms with E-state index in [4.69, 9.17) is 5.84 Å². The molecule has 0 saturated heterocycles. The second kappa shape index (κ2) is 6.09. The molecule has 0 amide bonds. The van der Waals surface area contributed by atoms with E-state index in [-0.39, 0.29) is 6.04 Å². The van der Waals surface area contributed by atoms with E-state index in [2.05, 4.69) is 57.5 Å². The fraction of sp³-hybridized carbons (Fsp3) is 0.214. The maximum absolute atomic E-state index is 5.68. The van der Waals surface area contributed by atoms with Gasteiger partial charge in [0.25, 0.3) is 0 Å². The first kappa shape index (κ1) is 13.2. The second-order valence-corrected chi connectivity index (χ2v) is 5.16. The fourth-order valence-corrected chi connectivity index (χ4v) is 2.47. The molecule has 0 saturated carbocycles. The number of aromatic nitrogens is 1. The number of halogens is 1. The van der Waals surface area contributed by atoms with E-state index < -0.39 is 0 Å². The van der Waals surface area contributed by atoms with Crippen LogP contribution in [0.3, 0.4) is 0 Å². The summed E-state index contributed by atoms with van der Waals surface area (Å²) in [6, 6.07) is 10.3. The number of nitrogens with two attached hydrogens (primary N) is 1. The first-order chi connectivity index (χ1) is 8.70. The molecule has 0 spiro atoms. The highest BCUT2D eigenvalue weighted by Crippen LogP contribution is 2.26. The lowest BCUT2D eigenvalue weighted by atomic mass is 9.99. The molecule has 18 heavy (non-hydrogen) atoms. The lowest BCUT2D eigenvalue weighted by Crippen LogP contribution is -2.30. The Morgan fingerprint density at radius 3 is 2.89 bits per heavy atom. The van der Waals surface area contributed by atoms with E-state index in [9.17, 15) is 0 Å². The van der Waals surface area contributed by atoms with Gasteiger partial charge in [-0.1, -0.05) is 39.7 Å². The monoisotopic (exact) mass is 305 g/mol. The zero-order valence-corrected chi connectivity index (χ0v) is 11.8. The van der Waals surface area contributed by atoms with Crippen LogP contribution < -0.4 is 11.3 Å². The molecule has 0 radical (unpaired) electrons. The first-order valence-electron chi connectivity index (χ1n) is 5.82. The molecule has 3 N–H and O–H groups in total. The molecule has 0 bridgehead atoms. The highest BCUT2D eigenvalue weighted by Gasteiger charge is 2.14. The lowest BCUT2D eigenvalue weighted by Gasteiger charge is -2.18. The van der Waals surface area contributed by atoms with Crippen LogP contribution in [0, 0.1) is 6.92 Å². The van der Waals surface area contributed by atoms with Crippen molar-refractivity contribution in [1.82, 2.24) is 10.4 Å². The van der Waals surface area contributed by atoms with Gasteiger partial charge in [-0.2, -0.15) is 0 Å². The van der Waals surface area contributed by atoms with Crippen molar-refractivity contribution < 1.29 is 0 Å². The summed E-state index contributed by atoms with van der Waals surface area (Å²) >= 11 is 3.57. The zero-order valence-electron chi connectivity index (χ0n) is 10.2. The minimum absolute atomic E-state index is 0.0727. The van der Waals surface area contributed by atoms with Crippen LogP contribution in [0.4, 0.5) is 0 Å². The number of benzene rings is 1. The van der Waals surface area contributed by atoms with Gasteiger partial charge >= 0.3 is 0 Å². The van der Waals surface area contributed by atoms with Gasteiger partial charge in [-0.3, -0.25) is 16.3 Å². The smallest absolute Gasteiger partial charge is 0.0512 e. The predicted octanol–water partition coefficient (Wildman–Crippen LogP) is 2.90. The van der Waals surface area contributed by atoms with E-state index in [1.54, 1.807) is 6.20 Å². The topological polar surface area (TPSA) is 50.9 Å². The van der Waals surface area contributed by atoms with Crippen molar-refractivity contribution in [2.45, 2.75) is 19.4 Å². The summed E-state index contributed by atoms with van der Waals surface area (Å²) in [5, 5.41) is 0. The molecule has 0 aliphatic heterocycles. The molecule has 1 aromatic carbocycles. The average Bonchev–Trinajstić information content (AvgIpc) is 2.40. The minimum atomic E-state index is 0.0727. The van der Waals surface area contributed by atoms with Crippen molar-refractivity contribution in [3.8, 4) is 0 Å². The van der Waals surface area contributed by atoms with E-state index in [1.807, 2.05) is 12.3 Å². The standard InChI is InChI=1S/C14H16BrN3/c1-10-4-5-13(15)12(7-10)14(18-16)8-11-3-2-6-17-9-11/h2-7,9,14,18H,8,16H2,1H3. The Hall–Kier alpha value is -1.23. The van der Waals surface area contributed by atoms with Crippen LogP contribution in [0.15, 0.2) is 47.2 Å². The van der Waals surface area contributed by atoms with Crippen LogP contribution in [0.25, 0.3) is 0 Å². The van der Waals surface area contributed by atoms with E-state index in [0.717, 1.165) is 16.5 Å². The Bertz CT molecular complexity index is 514. The maximum atomic E-state index is 5.68. The summed E-state index contributed by atoms with van der Waals surface area (Å²) < 4.78 is 1.07. The number of hydrogen-bond acceptors (Lipinski definition) is 3. The number of rotatable bonds is 4. The van der Waals surface area contributed by atoms with Crippen molar-refractivity contribution in [3.63, 3.8) is 0 Å². The van der Waals surface area contributed by atoms with Crippen LogP contribution >= 0.6 is 15.9 Å². The van der Waals surface area contributed by atoms with Gasteiger partial charge in [0.15, 0.2) is 0 Å². The Morgan fingerprint density at radius 1 is 1.39 bits per heavy atom. The fourth-order valence-electron chi connectivity index (χ4n) is 1.94. The molecule has 1 atom stereocenters. The molecule has 0 aliphatic carbocycles. The Balaban J connectivity index is 2.26. The normalized spacial score (nSPS) is 12.4. The average molecular weight is 306 g/mol. The summed E-state index contributed by atoms with van der Waals surface area (Å²) in [4.78, 5) is 4.13. The molecular formula is C14H16BrN3. The molecular weight excluding hydrogens is 290 g/mol. The molecule has 2 aromatic rings. The van der Waals surface area contributed by atoms with Crippen molar-refractivity contribution in [2.24, 2.45) is 5.84 Å². The van der Waals surface area contributed by atoms with Gasteiger partial charge in [-0.25, -0.2) is 0 Å².